The third-order valence-corrected chi connectivity index (χ3v) is 16.8. The zero-order valence-electron chi connectivity index (χ0n) is 53.8. The molecule has 36 heteroatoms. The van der Waals surface area contributed by atoms with Crippen molar-refractivity contribution in [3.05, 3.63) is 149 Å². The number of hydrogen-bond acceptors (Lipinski definition) is 27. The van der Waals surface area contributed by atoms with Crippen molar-refractivity contribution in [2.75, 3.05) is 37.9 Å². The Kier molecular flexibility index (Phi) is 30.4. The fourth-order valence-electron chi connectivity index (χ4n) is 9.21. The van der Waals surface area contributed by atoms with Crippen molar-refractivity contribution in [2.24, 2.45) is 11.8 Å². The molecule has 0 saturated carbocycles. The monoisotopic (exact) mass is 1400 g/mol. The maximum atomic E-state index is 14.0. The third-order valence-electron chi connectivity index (χ3n) is 13.8. The first-order valence-electron chi connectivity index (χ1n) is 29.2. The number of nitrogens with zero attached hydrogens (tertiary/aromatic N) is 9. The van der Waals surface area contributed by atoms with Crippen LogP contribution < -0.4 is 47.6 Å². The molecule has 2 saturated heterocycles. The molecule has 32 nitrogen and oxygen atoms in total. The summed E-state index contributed by atoms with van der Waals surface area (Å²) in [6, 6.07) is 29.4. The van der Waals surface area contributed by atoms with Crippen LogP contribution in [0, 0.1) is 50.5 Å². The SMILES string of the molecule is CCOC(=O)[C@@H](NP(=O)(OC[C@H]1O[C@@](C#N)(c2ccc3c(N)ncnn23)[C@H](O)[C@@H]1O)Oc1ccccc1)C(C)C.CCOC(=O)[C@@H](NP(=O)(Oc1ccccc1)Oc1ccc([N+](=O)[O-])cc1)C(C)C.C[C-](C)C.N#C[C@@]1(c2ccc3c(N)ncnn23)O[C@H](CO)[C@@H](O)[C@H]1O.[Cl-].[Mg+2]. The molecular formula is C60H76ClMgN13O19P2. The van der Waals surface area contributed by atoms with E-state index in [0.29, 0.717) is 11.0 Å². The Morgan fingerprint density at radius 2 is 1.05 bits per heavy atom. The molecule has 2 fully saturated rings. The second kappa shape index (κ2) is 36.1. The average Bonchev–Trinajstić information content (AvgIpc) is 1.59. The van der Waals surface area contributed by atoms with E-state index in [1.165, 1.54) is 64.0 Å². The van der Waals surface area contributed by atoms with Gasteiger partial charge in [-0.2, -0.15) is 51.7 Å². The fraction of sp³-hybridized carbons (Fsp3) is 0.417. The number of hydrogen-bond donors (Lipinski definition) is 9. The van der Waals surface area contributed by atoms with Crippen LogP contribution in [0.3, 0.4) is 0 Å². The van der Waals surface area contributed by atoms with Crippen LogP contribution in [0.15, 0.2) is 122 Å². The number of non-ortho nitro benzene ring substituents is 1. The number of halogens is 1. The summed E-state index contributed by atoms with van der Waals surface area (Å²) in [6.07, 6.45) is -6.33. The van der Waals surface area contributed by atoms with Crippen molar-refractivity contribution in [3.63, 3.8) is 0 Å². The van der Waals surface area contributed by atoms with Crippen LogP contribution in [0.5, 0.6) is 17.2 Å². The summed E-state index contributed by atoms with van der Waals surface area (Å²) in [6.45, 7) is 15.7. The van der Waals surface area contributed by atoms with Gasteiger partial charge in [0.2, 0.25) is 11.2 Å². The zero-order chi connectivity index (χ0) is 69.3. The molecule has 2 aliphatic heterocycles. The van der Waals surface area contributed by atoms with Gasteiger partial charge in [-0.15, -0.1) is 0 Å². The van der Waals surface area contributed by atoms with Crippen molar-refractivity contribution >= 4 is 78.8 Å². The number of anilines is 2. The smallest absolute Gasteiger partial charge is 1.00 e. The summed E-state index contributed by atoms with van der Waals surface area (Å²) in [5.74, 6) is 0.383. The van der Waals surface area contributed by atoms with Crippen molar-refractivity contribution in [1.29, 1.82) is 10.5 Å². The van der Waals surface area contributed by atoms with Gasteiger partial charge in [0.1, 0.15) is 102 Å². The van der Waals surface area contributed by atoms with E-state index in [-0.39, 0.29) is 106 Å². The van der Waals surface area contributed by atoms with E-state index in [0.717, 1.165) is 0 Å². The number of para-hydroxylation sites is 2. The largest absolute Gasteiger partial charge is 2.00 e. The number of nitrogens with two attached hydrogens (primary N) is 2. The molecule has 11 N–H and O–H groups in total. The topological polar surface area (TPSA) is 470 Å². The first kappa shape index (κ1) is 80.8. The predicted molar refractivity (Wildman–Crippen MR) is 342 cm³/mol. The van der Waals surface area contributed by atoms with E-state index >= 15 is 0 Å². The molecule has 7 aromatic rings. The molecule has 0 amide bonds. The first-order chi connectivity index (χ1) is 44.6. The van der Waals surface area contributed by atoms with Crippen LogP contribution in [0.1, 0.15) is 73.7 Å². The number of rotatable bonds is 23. The molecule has 6 heterocycles. The van der Waals surface area contributed by atoms with Gasteiger partial charge in [0, 0.05) is 12.1 Å². The van der Waals surface area contributed by atoms with Gasteiger partial charge in [0.05, 0.1) is 42.7 Å². The van der Waals surface area contributed by atoms with Gasteiger partial charge < -0.3 is 87.8 Å². The second-order valence-corrected chi connectivity index (χ2v) is 25.3. The van der Waals surface area contributed by atoms with Crippen LogP contribution in [0.25, 0.3) is 11.0 Å². The maximum absolute atomic E-state index is 14.0. The number of carbonyl (C=O) groups is 2. The van der Waals surface area contributed by atoms with E-state index in [4.69, 9.17) is 48.5 Å². The van der Waals surface area contributed by atoms with Crippen molar-refractivity contribution in [3.8, 4) is 29.4 Å². The van der Waals surface area contributed by atoms with E-state index in [9.17, 15) is 64.9 Å². The molecule has 2 unspecified atom stereocenters. The first-order valence-corrected chi connectivity index (χ1v) is 32.3. The summed E-state index contributed by atoms with van der Waals surface area (Å²) >= 11 is 0. The third kappa shape index (κ3) is 19.5. The van der Waals surface area contributed by atoms with Crippen LogP contribution >= 0.6 is 15.5 Å². The van der Waals surface area contributed by atoms with Gasteiger partial charge in [-0.25, -0.2) is 28.1 Å². The second-order valence-electron chi connectivity index (χ2n) is 22.0. The molecule has 0 aliphatic carbocycles. The summed E-state index contributed by atoms with van der Waals surface area (Å²) in [4.78, 5) is 42.9. The normalized spacial score (nSPS) is 22.0. The Morgan fingerprint density at radius 1 is 0.677 bits per heavy atom. The Bertz CT molecular complexity index is 3850. The van der Waals surface area contributed by atoms with Crippen molar-refractivity contribution < 1.29 is 98.6 Å². The quantitative estimate of drug-likeness (QED) is 0.0111. The van der Waals surface area contributed by atoms with E-state index in [2.05, 4.69) is 51.1 Å². The number of nitro benzene ring substituents is 1. The number of carbonyl (C=O) groups excluding carboxylic acids is 2. The zero-order valence-corrected chi connectivity index (χ0v) is 57.7. The number of fused-ring (bicyclic) bond motifs is 2. The summed E-state index contributed by atoms with van der Waals surface area (Å²) in [5, 5.41) is 94.9. The van der Waals surface area contributed by atoms with Gasteiger partial charge >= 0.3 is 50.5 Å². The van der Waals surface area contributed by atoms with Crippen LogP contribution in [-0.2, 0) is 53.4 Å². The van der Waals surface area contributed by atoms with Gasteiger partial charge in [0.25, 0.3) is 5.69 Å². The molecule has 12 atom stereocenters. The predicted octanol–water partition coefficient (Wildman–Crippen LogP) is 2.26. The number of aromatic nitrogens is 6. The van der Waals surface area contributed by atoms with Crippen LogP contribution in [-0.4, -0.2) is 170 Å². The van der Waals surface area contributed by atoms with Crippen LogP contribution in [0.2, 0.25) is 0 Å². The average molecular weight is 1410 g/mol. The Hall–Kier alpha value is -7.66. The molecular weight excluding hydrogens is 1330 g/mol. The summed E-state index contributed by atoms with van der Waals surface area (Å²) in [5.41, 5.74) is 8.65. The van der Waals surface area contributed by atoms with Crippen LogP contribution in [0.4, 0.5) is 17.3 Å². The van der Waals surface area contributed by atoms with Crippen molar-refractivity contribution in [1.82, 2.24) is 39.4 Å². The van der Waals surface area contributed by atoms with E-state index in [1.807, 2.05) is 12.1 Å². The minimum absolute atomic E-state index is 0. The molecule has 0 radical (unpaired) electrons. The Morgan fingerprint density at radius 3 is 1.42 bits per heavy atom. The maximum Gasteiger partial charge on any atom is 2.00 e. The molecule has 0 bridgehead atoms. The molecule has 514 valence electrons. The number of nitrogen functional groups attached to an aromatic ring is 2. The fourth-order valence-corrected chi connectivity index (χ4v) is 12.6. The van der Waals surface area contributed by atoms with Gasteiger partial charge in [-0.3, -0.25) is 24.2 Å². The number of esters is 2. The molecule has 2 aliphatic rings. The number of nitrogens with one attached hydrogen (secondary N) is 2. The number of aliphatic hydroxyl groups excluding tert-OH is 5. The summed E-state index contributed by atoms with van der Waals surface area (Å²) in [7, 11) is -8.44. The Labute approximate surface area is 575 Å². The molecule has 96 heavy (non-hydrogen) atoms. The number of ether oxygens (including phenoxy) is 4. The van der Waals surface area contributed by atoms with Crippen molar-refractivity contribution in [2.45, 2.75) is 122 Å². The standard InChI is InChI=1S/C25H31N6O8P.C19H23N2O7P.C12H13N5O4.C4H9.ClH.Mg/c1-4-36-24(34)20(15(2)3)30-40(35,39-16-8-6-5-7-9-16)37-12-18-21(32)22(33)25(13-26,38-18)19-11-10-17-23(27)28-14-29-31(17)19;1-4-26-19(22)18(14(2)3)20-29(25,27-16-8-6-5-7-9-16)28-17-12-10-15(11-13-17)21(23)24;13-4-12(10(20)9(19)7(3-18)21-12)8-2-1-6-11(14)15-5-16-17(6)8;1-4(2)3;;/h5-11,14-15,18,20-22,32-33H,4,12H2,1-3H3,(H,30,35)(H2,27,28,29);5-14,18H,4H2,1-3H3,(H,20,25);1-2,5,7,9-10,18-20H,3H2,(H2,14,15,16);1-3H3;1H;/q;;;-1;;+2/p-1/t18-,20+,21-,22-,25+,40?;18-,29?;7-,9-,10-,12+;;;/m101.../s1. The molecule has 9 rings (SSSR count). The van der Waals surface area contributed by atoms with E-state index < -0.39 is 105 Å². The number of aliphatic hydroxyl groups is 5. The number of nitriles is 2. The van der Waals surface area contributed by atoms with E-state index in [1.54, 1.807) is 114 Å². The minimum Gasteiger partial charge on any atom is -1.00 e. The Balaban J connectivity index is 0.000000308. The minimum atomic E-state index is -4.33. The molecule has 3 aromatic carbocycles. The number of nitro groups is 1. The van der Waals surface area contributed by atoms with Gasteiger partial charge in [0.15, 0.2) is 11.6 Å². The van der Waals surface area contributed by atoms with Gasteiger partial charge in [-0.1, -0.05) is 64.1 Å². The van der Waals surface area contributed by atoms with Gasteiger partial charge in [-0.05, 0) is 86.3 Å². The molecule has 4 aromatic heterocycles. The number of benzene rings is 3. The summed E-state index contributed by atoms with van der Waals surface area (Å²) < 4.78 is 74.0. The molecule has 0 spiro atoms.